The van der Waals surface area contributed by atoms with E-state index in [1.54, 1.807) is 0 Å². The molecule has 0 fully saturated rings. The molecule has 0 rings (SSSR count). The van der Waals surface area contributed by atoms with E-state index in [0.717, 1.165) is 103 Å². The van der Waals surface area contributed by atoms with E-state index in [0.29, 0.717) is 19.3 Å². The molecule has 0 aliphatic heterocycles. The van der Waals surface area contributed by atoms with Crippen molar-refractivity contribution in [2.75, 3.05) is 13.2 Å². The third-order valence-corrected chi connectivity index (χ3v) is 8.98. The van der Waals surface area contributed by atoms with Crippen molar-refractivity contribution in [3.05, 3.63) is 60.8 Å². The second kappa shape index (κ2) is 41.9. The zero-order valence-electron chi connectivity index (χ0n) is 34.5. The van der Waals surface area contributed by atoms with Crippen molar-refractivity contribution < 1.29 is 28.6 Å². The van der Waals surface area contributed by atoms with E-state index in [2.05, 4.69) is 81.5 Å². The van der Waals surface area contributed by atoms with E-state index in [4.69, 9.17) is 14.2 Å². The van der Waals surface area contributed by atoms with Crippen LogP contribution in [0.5, 0.6) is 0 Å². The molecule has 304 valence electrons. The minimum absolute atomic E-state index is 0.101. The Balaban J connectivity index is 4.47. The fourth-order valence-corrected chi connectivity index (χ4v) is 5.66. The number of rotatable bonds is 38. The van der Waals surface area contributed by atoms with Crippen molar-refractivity contribution in [2.24, 2.45) is 0 Å². The average Bonchev–Trinajstić information content (AvgIpc) is 3.15. The first kappa shape index (κ1) is 50.1. The molecule has 1 unspecified atom stereocenters. The van der Waals surface area contributed by atoms with E-state index < -0.39 is 6.10 Å². The number of carbonyl (C=O) groups excluding carboxylic acids is 3. The van der Waals surface area contributed by atoms with Crippen molar-refractivity contribution in [1.82, 2.24) is 0 Å². The Morgan fingerprint density at radius 2 is 0.755 bits per heavy atom. The third-order valence-electron chi connectivity index (χ3n) is 8.98. The van der Waals surface area contributed by atoms with Crippen LogP contribution in [0.1, 0.15) is 201 Å². The van der Waals surface area contributed by atoms with Gasteiger partial charge in [-0.3, -0.25) is 14.4 Å². The van der Waals surface area contributed by atoms with Gasteiger partial charge in [0.25, 0.3) is 0 Å². The Hall–Kier alpha value is -2.89. The molecule has 0 aliphatic rings. The molecule has 0 heterocycles. The number of carbonyl (C=O) groups is 3. The predicted octanol–water partition coefficient (Wildman–Crippen LogP) is 13.7. The van der Waals surface area contributed by atoms with Crippen LogP contribution in [0.2, 0.25) is 0 Å². The highest BCUT2D eigenvalue weighted by Gasteiger charge is 2.19. The Bertz CT molecular complexity index is 991. The summed E-state index contributed by atoms with van der Waals surface area (Å²) in [7, 11) is 0. The van der Waals surface area contributed by atoms with Gasteiger partial charge in [-0.15, -0.1) is 0 Å². The summed E-state index contributed by atoms with van der Waals surface area (Å²) in [5.74, 6) is -0.977. The fourth-order valence-electron chi connectivity index (χ4n) is 5.66. The van der Waals surface area contributed by atoms with Gasteiger partial charge in [0.05, 0.1) is 0 Å². The first-order valence-corrected chi connectivity index (χ1v) is 21.8. The molecule has 0 bridgehead atoms. The maximum absolute atomic E-state index is 12.7. The van der Waals surface area contributed by atoms with Crippen molar-refractivity contribution >= 4 is 17.9 Å². The summed E-state index contributed by atoms with van der Waals surface area (Å²) in [5, 5.41) is 0. The van der Waals surface area contributed by atoms with E-state index in [1.807, 2.05) is 0 Å². The molecule has 0 aliphatic carbocycles. The highest BCUT2D eigenvalue weighted by Crippen LogP contribution is 2.12. The summed E-state index contributed by atoms with van der Waals surface area (Å²) in [6.45, 7) is 6.38. The van der Waals surface area contributed by atoms with Crippen LogP contribution < -0.4 is 0 Å². The highest BCUT2D eigenvalue weighted by molar-refractivity contribution is 5.71. The highest BCUT2D eigenvalue weighted by atomic mass is 16.6. The zero-order valence-corrected chi connectivity index (χ0v) is 34.5. The molecule has 0 amide bonds. The smallest absolute Gasteiger partial charge is 0.306 e. The number of allylic oxidation sites excluding steroid dienone is 10. The first-order chi connectivity index (χ1) is 26.0. The van der Waals surface area contributed by atoms with Crippen molar-refractivity contribution in [1.29, 1.82) is 0 Å². The monoisotopic (exact) mass is 741 g/mol. The van der Waals surface area contributed by atoms with Gasteiger partial charge in [0.2, 0.25) is 0 Å². The number of esters is 3. The summed E-state index contributed by atoms with van der Waals surface area (Å²) in [4.78, 5) is 37.6. The lowest BCUT2D eigenvalue weighted by molar-refractivity contribution is -0.167. The summed E-state index contributed by atoms with van der Waals surface area (Å²) in [5.41, 5.74) is 0. The minimum Gasteiger partial charge on any atom is -0.462 e. The van der Waals surface area contributed by atoms with Crippen LogP contribution in [0, 0.1) is 0 Å². The van der Waals surface area contributed by atoms with Gasteiger partial charge in [-0.05, 0) is 96.3 Å². The lowest BCUT2D eigenvalue weighted by Gasteiger charge is -2.18. The number of hydrogen-bond acceptors (Lipinski definition) is 6. The summed E-state index contributed by atoms with van der Waals surface area (Å²) in [6.07, 6.45) is 49.2. The van der Waals surface area contributed by atoms with Gasteiger partial charge in [0.1, 0.15) is 13.2 Å². The Kier molecular flexibility index (Phi) is 39.6. The number of ether oxygens (including phenoxy) is 3. The second-order valence-electron chi connectivity index (χ2n) is 14.2. The SMILES string of the molecule is CC/C=C\C/C=C\C/C=C\CCCCC(=O)OC(COC(=O)CCCCC/C=C\CCCCCCCC)COC(=O)CCCCCC/C=C\CCCC. The molecule has 0 aromatic heterocycles. The van der Waals surface area contributed by atoms with E-state index in [9.17, 15) is 14.4 Å². The van der Waals surface area contributed by atoms with Crippen LogP contribution in [0.3, 0.4) is 0 Å². The lowest BCUT2D eigenvalue weighted by atomic mass is 10.1. The topological polar surface area (TPSA) is 78.9 Å². The van der Waals surface area contributed by atoms with Gasteiger partial charge in [-0.1, -0.05) is 146 Å². The Labute approximate surface area is 326 Å². The predicted molar refractivity (Wildman–Crippen MR) is 224 cm³/mol. The van der Waals surface area contributed by atoms with Gasteiger partial charge >= 0.3 is 17.9 Å². The molecular weight excluding hydrogens is 661 g/mol. The van der Waals surface area contributed by atoms with Crippen LogP contribution in [0.15, 0.2) is 60.8 Å². The molecule has 6 nitrogen and oxygen atoms in total. The Morgan fingerprint density at radius 3 is 1.28 bits per heavy atom. The molecule has 53 heavy (non-hydrogen) atoms. The quantitative estimate of drug-likeness (QED) is 0.0271. The van der Waals surface area contributed by atoms with Gasteiger partial charge in [0.15, 0.2) is 6.10 Å². The second-order valence-corrected chi connectivity index (χ2v) is 14.2. The van der Waals surface area contributed by atoms with Crippen LogP contribution in [-0.4, -0.2) is 37.2 Å². The van der Waals surface area contributed by atoms with Crippen LogP contribution in [0.4, 0.5) is 0 Å². The maximum Gasteiger partial charge on any atom is 0.306 e. The van der Waals surface area contributed by atoms with E-state index in [1.165, 1.54) is 51.4 Å². The molecule has 0 spiro atoms. The molecular formula is C47H80O6. The molecule has 1 atom stereocenters. The van der Waals surface area contributed by atoms with Gasteiger partial charge in [0, 0.05) is 19.3 Å². The zero-order chi connectivity index (χ0) is 38.7. The Morgan fingerprint density at radius 1 is 0.396 bits per heavy atom. The number of hydrogen-bond donors (Lipinski definition) is 0. The average molecular weight is 741 g/mol. The fraction of sp³-hybridized carbons (Fsp3) is 0.723. The third kappa shape index (κ3) is 40.1. The van der Waals surface area contributed by atoms with Crippen LogP contribution in [0.25, 0.3) is 0 Å². The first-order valence-electron chi connectivity index (χ1n) is 21.8. The molecule has 0 saturated heterocycles. The van der Waals surface area contributed by atoms with Crippen LogP contribution in [-0.2, 0) is 28.6 Å². The van der Waals surface area contributed by atoms with E-state index >= 15 is 0 Å². The maximum atomic E-state index is 12.7. The van der Waals surface area contributed by atoms with Crippen LogP contribution >= 0.6 is 0 Å². The van der Waals surface area contributed by atoms with E-state index in [-0.39, 0.29) is 37.5 Å². The molecule has 0 saturated carbocycles. The molecule has 0 aromatic rings. The van der Waals surface area contributed by atoms with Gasteiger partial charge in [-0.25, -0.2) is 0 Å². The molecule has 0 aromatic carbocycles. The lowest BCUT2D eigenvalue weighted by Crippen LogP contribution is -2.30. The normalized spacial score (nSPS) is 12.6. The number of unbranched alkanes of at least 4 members (excludes halogenated alkanes) is 17. The summed E-state index contributed by atoms with van der Waals surface area (Å²) in [6, 6.07) is 0. The van der Waals surface area contributed by atoms with Gasteiger partial charge in [-0.2, -0.15) is 0 Å². The molecule has 0 radical (unpaired) electrons. The largest absolute Gasteiger partial charge is 0.462 e. The minimum atomic E-state index is -0.800. The van der Waals surface area contributed by atoms with Gasteiger partial charge < -0.3 is 14.2 Å². The van der Waals surface area contributed by atoms with Crippen molar-refractivity contribution in [2.45, 2.75) is 207 Å². The molecule has 6 heteroatoms. The summed E-state index contributed by atoms with van der Waals surface area (Å²) >= 11 is 0. The van der Waals surface area contributed by atoms with Crippen molar-refractivity contribution in [3.63, 3.8) is 0 Å². The standard InChI is InChI=1S/C47H80O6/c1-4-7-10-13-16-19-22-24-26-28-31-34-37-40-46(49)52-43-44(42-51-45(48)39-36-33-30-27-21-18-15-12-9-6-3)53-47(50)41-38-35-32-29-25-23-20-17-14-11-8-5-2/h8,11,15,17-18,20,24-26,29,44H,4-7,9-10,12-14,16,19,21-23,27-28,30-43H2,1-3H3/b11-8-,18-15-,20-17-,26-24-,29-25-. The molecule has 0 N–H and O–H groups in total. The van der Waals surface area contributed by atoms with Crippen molar-refractivity contribution in [3.8, 4) is 0 Å². The summed E-state index contributed by atoms with van der Waals surface area (Å²) < 4.78 is 16.6.